The van der Waals surface area contributed by atoms with Gasteiger partial charge >= 0.3 is 5.69 Å². The molecule has 0 aliphatic carbocycles. The highest BCUT2D eigenvalue weighted by Crippen LogP contribution is 2.35. The molecule has 1 rings (SSSR count). The molecule has 0 bridgehead atoms. The third-order valence-electron chi connectivity index (χ3n) is 2.28. The van der Waals surface area contributed by atoms with Gasteiger partial charge in [0.25, 0.3) is 0 Å². The largest absolute Gasteiger partial charge is 0.490 e. The number of benzene rings is 1. The molecular formula is C11H13NO3. The Morgan fingerprint density at radius 3 is 2.73 bits per heavy atom. The van der Waals surface area contributed by atoms with Crippen molar-refractivity contribution < 1.29 is 9.66 Å². The Hall–Kier alpha value is -1.84. The van der Waals surface area contributed by atoms with E-state index in [9.17, 15) is 10.1 Å². The predicted molar refractivity (Wildman–Crippen MR) is 58.3 cm³/mol. The lowest BCUT2D eigenvalue weighted by Gasteiger charge is -2.09. The molecule has 0 saturated heterocycles. The summed E-state index contributed by atoms with van der Waals surface area (Å²) in [7, 11) is 1.42. The van der Waals surface area contributed by atoms with Crippen LogP contribution < -0.4 is 4.74 Å². The summed E-state index contributed by atoms with van der Waals surface area (Å²) in [5.41, 5.74) is 0.641. The van der Waals surface area contributed by atoms with Crippen LogP contribution in [0.4, 0.5) is 5.69 Å². The number of ether oxygens (including phenoxy) is 1. The molecule has 80 valence electrons. The number of rotatable bonds is 4. The number of nitro groups is 1. The van der Waals surface area contributed by atoms with E-state index in [1.165, 1.54) is 7.11 Å². The summed E-state index contributed by atoms with van der Waals surface area (Å²) in [5, 5.41) is 10.9. The number of para-hydroxylation sites is 1. The first-order chi connectivity index (χ1) is 7.11. The zero-order chi connectivity index (χ0) is 11.4. The maximum atomic E-state index is 10.9. The van der Waals surface area contributed by atoms with Crippen LogP contribution in [-0.2, 0) is 0 Å². The molecule has 0 spiro atoms. The van der Waals surface area contributed by atoms with Gasteiger partial charge in [-0.1, -0.05) is 25.1 Å². The molecule has 0 aliphatic heterocycles. The average Bonchev–Trinajstić information content (AvgIpc) is 2.26. The maximum absolute atomic E-state index is 10.9. The third kappa shape index (κ3) is 2.15. The lowest BCUT2D eigenvalue weighted by molar-refractivity contribution is -0.386. The fourth-order valence-electron chi connectivity index (χ4n) is 1.39. The Morgan fingerprint density at radius 2 is 2.27 bits per heavy atom. The van der Waals surface area contributed by atoms with Gasteiger partial charge < -0.3 is 4.74 Å². The molecule has 1 atom stereocenters. The molecule has 4 heteroatoms. The highest BCUT2D eigenvalue weighted by molar-refractivity contribution is 5.54. The van der Waals surface area contributed by atoms with Crippen LogP contribution in [-0.4, -0.2) is 12.0 Å². The second kappa shape index (κ2) is 4.59. The van der Waals surface area contributed by atoms with Gasteiger partial charge in [-0.3, -0.25) is 10.1 Å². The van der Waals surface area contributed by atoms with E-state index in [2.05, 4.69) is 6.58 Å². The summed E-state index contributed by atoms with van der Waals surface area (Å²) >= 11 is 0. The van der Waals surface area contributed by atoms with Gasteiger partial charge in [0.1, 0.15) is 0 Å². The molecule has 4 nitrogen and oxygen atoms in total. The molecule has 1 aromatic rings. The normalized spacial score (nSPS) is 11.9. The number of nitrogens with zero attached hydrogens (tertiary/aromatic N) is 1. The van der Waals surface area contributed by atoms with Crippen molar-refractivity contribution >= 4 is 5.69 Å². The van der Waals surface area contributed by atoms with Gasteiger partial charge in [0.15, 0.2) is 5.75 Å². The number of nitro benzene ring substituents is 1. The topological polar surface area (TPSA) is 52.4 Å². The van der Waals surface area contributed by atoms with Crippen LogP contribution >= 0.6 is 0 Å². The SMILES string of the molecule is C=CC(C)c1cccc(OC)c1[N+](=O)[O-]. The Bertz CT molecular complexity index is 387. The van der Waals surface area contributed by atoms with E-state index < -0.39 is 4.92 Å². The van der Waals surface area contributed by atoms with Gasteiger partial charge in [-0.15, -0.1) is 6.58 Å². The lowest BCUT2D eigenvalue weighted by Crippen LogP contribution is -2.00. The minimum absolute atomic E-state index is 0.0207. The van der Waals surface area contributed by atoms with Gasteiger partial charge in [-0.05, 0) is 6.07 Å². The second-order valence-electron chi connectivity index (χ2n) is 3.18. The highest BCUT2D eigenvalue weighted by Gasteiger charge is 2.22. The van der Waals surface area contributed by atoms with Crippen molar-refractivity contribution in [1.29, 1.82) is 0 Å². The molecule has 1 aromatic carbocycles. The van der Waals surface area contributed by atoms with Crippen molar-refractivity contribution in [3.63, 3.8) is 0 Å². The third-order valence-corrected chi connectivity index (χ3v) is 2.28. The fraction of sp³-hybridized carbons (Fsp3) is 0.273. The van der Waals surface area contributed by atoms with E-state index >= 15 is 0 Å². The minimum Gasteiger partial charge on any atom is -0.490 e. The summed E-state index contributed by atoms with van der Waals surface area (Å²) in [6.07, 6.45) is 1.67. The Morgan fingerprint density at radius 1 is 1.60 bits per heavy atom. The predicted octanol–water partition coefficient (Wildman–Crippen LogP) is 2.89. The van der Waals surface area contributed by atoms with E-state index in [-0.39, 0.29) is 17.4 Å². The summed E-state index contributed by atoms with van der Waals surface area (Å²) in [4.78, 5) is 10.5. The first kappa shape index (κ1) is 11.2. The van der Waals surface area contributed by atoms with Crippen LogP contribution in [0.15, 0.2) is 30.9 Å². The molecule has 1 unspecified atom stereocenters. The van der Waals surface area contributed by atoms with E-state index in [0.717, 1.165) is 0 Å². The van der Waals surface area contributed by atoms with Crippen molar-refractivity contribution in [1.82, 2.24) is 0 Å². The zero-order valence-corrected chi connectivity index (χ0v) is 8.77. The Labute approximate surface area is 88.3 Å². The molecule has 0 fully saturated rings. The van der Waals surface area contributed by atoms with Crippen molar-refractivity contribution in [2.45, 2.75) is 12.8 Å². The molecule has 0 N–H and O–H groups in total. The van der Waals surface area contributed by atoms with Crippen LogP contribution in [0.1, 0.15) is 18.4 Å². The summed E-state index contributed by atoms with van der Waals surface area (Å²) in [5.74, 6) is 0.215. The van der Waals surface area contributed by atoms with Crippen molar-refractivity contribution in [2.75, 3.05) is 7.11 Å². The van der Waals surface area contributed by atoms with Gasteiger partial charge in [0, 0.05) is 11.5 Å². The van der Waals surface area contributed by atoms with E-state index in [0.29, 0.717) is 5.56 Å². The molecule has 0 saturated carbocycles. The number of allylic oxidation sites excluding steroid dienone is 1. The summed E-state index contributed by atoms with van der Waals surface area (Å²) < 4.78 is 4.97. The molecule has 0 radical (unpaired) electrons. The maximum Gasteiger partial charge on any atom is 0.314 e. The average molecular weight is 207 g/mol. The van der Waals surface area contributed by atoms with Gasteiger partial charge in [0.05, 0.1) is 12.0 Å². The molecule has 0 heterocycles. The monoisotopic (exact) mass is 207 g/mol. The summed E-state index contributed by atoms with van der Waals surface area (Å²) in [6.45, 7) is 5.49. The standard InChI is InChI=1S/C11H13NO3/c1-4-8(2)9-6-5-7-10(15-3)11(9)12(13)14/h4-8H,1H2,2-3H3. The Kier molecular flexibility index (Phi) is 3.44. The van der Waals surface area contributed by atoms with Gasteiger partial charge in [0.2, 0.25) is 0 Å². The molecule has 15 heavy (non-hydrogen) atoms. The molecular weight excluding hydrogens is 194 g/mol. The smallest absolute Gasteiger partial charge is 0.314 e. The van der Waals surface area contributed by atoms with Crippen LogP contribution in [0.3, 0.4) is 0 Å². The van der Waals surface area contributed by atoms with Crippen LogP contribution in [0, 0.1) is 10.1 Å². The molecule has 0 aliphatic rings. The van der Waals surface area contributed by atoms with E-state index in [1.54, 1.807) is 24.3 Å². The first-order valence-electron chi connectivity index (χ1n) is 4.55. The lowest BCUT2D eigenvalue weighted by atomic mass is 9.99. The second-order valence-corrected chi connectivity index (χ2v) is 3.18. The van der Waals surface area contributed by atoms with E-state index in [4.69, 9.17) is 4.74 Å². The first-order valence-corrected chi connectivity index (χ1v) is 4.55. The quantitative estimate of drug-likeness (QED) is 0.433. The number of methoxy groups -OCH3 is 1. The zero-order valence-electron chi connectivity index (χ0n) is 8.77. The van der Waals surface area contributed by atoms with Crippen molar-refractivity contribution in [2.24, 2.45) is 0 Å². The molecule has 0 amide bonds. The highest BCUT2D eigenvalue weighted by atomic mass is 16.6. The molecule has 0 aromatic heterocycles. The van der Waals surface area contributed by atoms with Crippen molar-refractivity contribution in [3.8, 4) is 5.75 Å². The van der Waals surface area contributed by atoms with Gasteiger partial charge in [-0.25, -0.2) is 0 Å². The van der Waals surface area contributed by atoms with Crippen LogP contribution in [0.5, 0.6) is 5.75 Å². The minimum atomic E-state index is -0.422. The van der Waals surface area contributed by atoms with Gasteiger partial charge in [-0.2, -0.15) is 0 Å². The van der Waals surface area contributed by atoms with Crippen molar-refractivity contribution in [3.05, 3.63) is 46.5 Å². The number of hydrogen-bond donors (Lipinski definition) is 0. The Balaban J connectivity index is 3.37. The summed E-state index contributed by atoms with van der Waals surface area (Å²) in [6, 6.07) is 5.03. The van der Waals surface area contributed by atoms with Crippen LogP contribution in [0.25, 0.3) is 0 Å². The van der Waals surface area contributed by atoms with Crippen LogP contribution in [0.2, 0.25) is 0 Å². The number of hydrogen-bond acceptors (Lipinski definition) is 3. The van der Waals surface area contributed by atoms with E-state index in [1.807, 2.05) is 6.92 Å². The fourth-order valence-corrected chi connectivity index (χ4v) is 1.39.